The van der Waals surface area contributed by atoms with E-state index in [0.717, 1.165) is 24.8 Å². The molecule has 0 bridgehead atoms. The molecule has 1 amide bonds. The van der Waals surface area contributed by atoms with Gasteiger partial charge in [-0.25, -0.2) is 0 Å². The number of aromatic nitrogens is 2. The summed E-state index contributed by atoms with van der Waals surface area (Å²) < 4.78 is 1.66. The number of carbonyl (C=O) groups excluding carboxylic acids is 1. The predicted octanol–water partition coefficient (Wildman–Crippen LogP) is 4.53. The number of aryl methyl sites for hydroxylation is 1. The van der Waals surface area contributed by atoms with E-state index in [9.17, 15) is 14.7 Å². The topological polar surface area (TPSA) is 75.4 Å². The molecule has 0 radical (unpaired) electrons. The van der Waals surface area contributed by atoms with Gasteiger partial charge >= 0.3 is 0 Å². The molecule has 0 saturated carbocycles. The van der Waals surface area contributed by atoms with Crippen LogP contribution in [0.1, 0.15) is 72.4 Å². The second-order valence-corrected chi connectivity index (χ2v) is 8.74. The zero-order valence-electron chi connectivity index (χ0n) is 19.3. The fourth-order valence-corrected chi connectivity index (χ4v) is 4.65. The minimum atomic E-state index is -0.650. The first-order valence-electron chi connectivity index (χ1n) is 11.7. The molecule has 2 heterocycles. The van der Waals surface area contributed by atoms with Crippen molar-refractivity contribution in [2.45, 2.75) is 51.5 Å². The number of aromatic hydroxyl groups is 1. The number of likely N-dealkylation sites (tertiary alicyclic amines) is 1. The van der Waals surface area contributed by atoms with Crippen LogP contribution in [0.5, 0.6) is 5.88 Å². The molecule has 6 nitrogen and oxygen atoms in total. The Morgan fingerprint density at radius 2 is 1.79 bits per heavy atom. The van der Waals surface area contributed by atoms with E-state index in [1.165, 1.54) is 5.56 Å². The van der Waals surface area contributed by atoms with Crippen molar-refractivity contribution in [1.29, 1.82) is 0 Å². The highest BCUT2D eigenvalue weighted by Crippen LogP contribution is 2.31. The molecule has 4 rings (SSSR count). The van der Waals surface area contributed by atoms with E-state index in [-0.39, 0.29) is 23.4 Å². The van der Waals surface area contributed by atoms with Crippen molar-refractivity contribution in [3.05, 3.63) is 93.5 Å². The monoisotopic (exact) mass is 445 g/mol. The molecule has 0 spiro atoms. The minimum absolute atomic E-state index is 0.222. The Labute approximate surface area is 194 Å². The zero-order chi connectivity index (χ0) is 23.4. The average molecular weight is 446 g/mol. The van der Waals surface area contributed by atoms with Crippen LogP contribution in [0, 0.1) is 0 Å². The van der Waals surface area contributed by atoms with Gasteiger partial charge in [-0.15, -0.1) is 0 Å². The molecular weight excluding hydrogens is 414 g/mol. The predicted molar refractivity (Wildman–Crippen MR) is 129 cm³/mol. The fraction of sp³-hybridized carbons (Fsp3) is 0.370. The van der Waals surface area contributed by atoms with Crippen LogP contribution in [-0.4, -0.2) is 38.6 Å². The maximum Gasteiger partial charge on any atom is 0.289 e. The molecule has 2 atom stereocenters. The summed E-state index contributed by atoms with van der Waals surface area (Å²) in [7, 11) is 0. The number of hydrogen-bond donors (Lipinski definition) is 1. The van der Waals surface area contributed by atoms with Crippen molar-refractivity contribution in [2.24, 2.45) is 0 Å². The van der Waals surface area contributed by atoms with E-state index in [1.807, 2.05) is 55.5 Å². The number of nitrogens with zero attached hydrogens (tertiary/aromatic N) is 3. The van der Waals surface area contributed by atoms with Gasteiger partial charge in [0.2, 0.25) is 5.88 Å². The molecule has 1 fully saturated rings. The highest BCUT2D eigenvalue weighted by atomic mass is 16.3. The lowest BCUT2D eigenvalue weighted by molar-refractivity contribution is 0.0783. The molecule has 1 N–H and O–H groups in total. The third-order valence-corrected chi connectivity index (χ3v) is 6.56. The zero-order valence-corrected chi connectivity index (χ0v) is 19.3. The van der Waals surface area contributed by atoms with Crippen LogP contribution in [0.15, 0.2) is 65.5 Å². The van der Waals surface area contributed by atoms with Crippen molar-refractivity contribution in [2.75, 3.05) is 13.1 Å². The van der Waals surface area contributed by atoms with E-state index in [2.05, 4.69) is 24.0 Å². The Morgan fingerprint density at radius 3 is 2.45 bits per heavy atom. The Morgan fingerprint density at radius 1 is 1.12 bits per heavy atom. The lowest BCUT2D eigenvalue weighted by Crippen LogP contribution is -2.35. The summed E-state index contributed by atoms with van der Waals surface area (Å²) in [4.78, 5) is 32.3. The molecule has 172 valence electrons. The van der Waals surface area contributed by atoms with E-state index in [1.54, 1.807) is 9.47 Å². The van der Waals surface area contributed by atoms with Gasteiger partial charge in [0.15, 0.2) is 5.56 Å². The standard InChI is InChI=1S/C27H31N3O3/c1-3-4-15-23-28-25(31)24(27(33)30(23)19(2)20-11-7-5-8-12-20)26(32)29-17-16-22(18-29)21-13-9-6-10-14-21/h5-14,19,22,33H,3-4,15-18H2,1-2H3/t19?,22-/m1/s1. The number of unbranched alkanes of at least 4 members (excludes halogenated alkanes) is 1. The Kier molecular flexibility index (Phi) is 6.92. The first-order valence-corrected chi connectivity index (χ1v) is 11.7. The molecule has 2 aromatic carbocycles. The van der Waals surface area contributed by atoms with E-state index in [4.69, 9.17) is 0 Å². The van der Waals surface area contributed by atoms with Crippen LogP contribution >= 0.6 is 0 Å². The van der Waals surface area contributed by atoms with Crippen molar-refractivity contribution >= 4 is 5.91 Å². The molecule has 1 unspecified atom stereocenters. The number of rotatable bonds is 7. The minimum Gasteiger partial charge on any atom is -0.494 e. The van der Waals surface area contributed by atoms with Crippen molar-refractivity contribution in [3.63, 3.8) is 0 Å². The van der Waals surface area contributed by atoms with Crippen LogP contribution in [-0.2, 0) is 6.42 Å². The maximum absolute atomic E-state index is 13.4. The molecule has 1 aliphatic heterocycles. The van der Waals surface area contributed by atoms with E-state index in [0.29, 0.717) is 25.3 Å². The number of carbonyl (C=O) groups is 1. The van der Waals surface area contributed by atoms with Gasteiger partial charge in [-0.3, -0.25) is 14.2 Å². The summed E-state index contributed by atoms with van der Waals surface area (Å²) in [6.45, 7) is 5.08. The first kappa shape index (κ1) is 22.8. The number of hydrogen-bond acceptors (Lipinski definition) is 4. The van der Waals surface area contributed by atoms with Crippen LogP contribution in [0.25, 0.3) is 0 Å². The fourth-order valence-electron chi connectivity index (χ4n) is 4.65. The smallest absolute Gasteiger partial charge is 0.289 e. The van der Waals surface area contributed by atoms with Gasteiger partial charge in [-0.1, -0.05) is 74.0 Å². The summed E-state index contributed by atoms with van der Waals surface area (Å²) in [5.41, 5.74) is 1.27. The summed E-state index contributed by atoms with van der Waals surface area (Å²) in [5.74, 6) is 0.000450. The Balaban J connectivity index is 1.70. The van der Waals surface area contributed by atoms with Crippen LogP contribution in [0.3, 0.4) is 0 Å². The van der Waals surface area contributed by atoms with Gasteiger partial charge in [-0.2, -0.15) is 4.98 Å². The van der Waals surface area contributed by atoms with Gasteiger partial charge in [0.25, 0.3) is 11.5 Å². The Hall–Kier alpha value is -3.41. The molecule has 0 aliphatic carbocycles. The Bertz CT molecular complexity index is 1160. The van der Waals surface area contributed by atoms with Crippen molar-refractivity contribution in [3.8, 4) is 5.88 Å². The summed E-state index contributed by atoms with van der Waals surface area (Å²) >= 11 is 0. The maximum atomic E-state index is 13.4. The van der Waals surface area contributed by atoms with Crippen LogP contribution in [0.2, 0.25) is 0 Å². The molecule has 1 aliphatic rings. The quantitative estimate of drug-likeness (QED) is 0.580. The van der Waals surface area contributed by atoms with E-state index < -0.39 is 11.5 Å². The van der Waals surface area contributed by atoms with Crippen molar-refractivity contribution < 1.29 is 9.90 Å². The van der Waals surface area contributed by atoms with Gasteiger partial charge < -0.3 is 10.0 Å². The lowest BCUT2D eigenvalue weighted by Gasteiger charge is -2.24. The summed E-state index contributed by atoms with van der Waals surface area (Å²) in [6.07, 6.45) is 3.16. The van der Waals surface area contributed by atoms with Crippen LogP contribution < -0.4 is 5.56 Å². The van der Waals surface area contributed by atoms with Gasteiger partial charge in [0.1, 0.15) is 5.82 Å². The summed E-state index contributed by atoms with van der Waals surface area (Å²) in [6, 6.07) is 19.6. The third-order valence-electron chi connectivity index (χ3n) is 6.56. The second-order valence-electron chi connectivity index (χ2n) is 8.74. The number of benzene rings is 2. The highest BCUT2D eigenvalue weighted by Gasteiger charge is 2.33. The number of amides is 1. The first-order chi connectivity index (χ1) is 16.0. The van der Waals surface area contributed by atoms with Gasteiger partial charge in [-0.05, 0) is 30.9 Å². The largest absolute Gasteiger partial charge is 0.494 e. The molecule has 1 aromatic heterocycles. The lowest BCUT2D eigenvalue weighted by atomic mass is 9.99. The molecule has 1 saturated heterocycles. The normalized spacial score (nSPS) is 16.7. The van der Waals surface area contributed by atoms with Gasteiger partial charge in [0, 0.05) is 25.4 Å². The SMILES string of the molecule is CCCCc1nc(=O)c(C(=O)N2CC[C@@H](c3ccccc3)C2)c(O)n1C(C)c1ccccc1. The van der Waals surface area contributed by atoms with Gasteiger partial charge in [0.05, 0.1) is 6.04 Å². The van der Waals surface area contributed by atoms with Crippen LogP contribution in [0.4, 0.5) is 0 Å². The molecule has 33 heavy (non-hydrogen) atoms. The molecule has 3 aromatic rings. The average Bonchev–Trinajstić information content (AvgIpc) is 3.34. The van der Waals surface area contributed by atoms with E-state index >= 15 is 0 Å². The summed E-state index contributed by atoms with van der Waals surface area (Å²) in [5, 5.41) is 11.3. The molecular formula is C27H31N3O3. The second kappa shape index (κ2) is 10.0. The third kappa shape index (κ3) is 4.70. The highest BCUT2D eigenvalue weighted by molar-refractivity contribution is 5.96. The van der Waals surface area contributed by atoms with Crippen molar-refractivity contribution in [1.82, 2.24) is 14.5 Å². The molecule has 6 heteroatoms.